The molecule has 2 aromatic rings. The Labute approximate surface area is 152 Å². The summed E-state index contributed by atoms with van der Waals surface area (Å²) in [4.78, 5) is 24.4. The highest BCUT2D eigenvalue weighted by Crippen LogP contribution is 2.14. The van der Waals surface area contributed by atoms with Gasteiger partial charge in [0.05, 0.1) is 17.6 Å². The van der Waals surface area contributed by atoms with E-state index < -0.39 is 4.92 Å². The molecule has 0 heterocycles. The van der Waals surface area contributed by atoms with Crippen LogP contribution in [0.15, 0.2) is 53.6 Å². The molecular weight excluding hydrogens is 332 g/mol. The summed E-state index contributed by atoms with van der Waals surface area (Å²) in [6.07, 6.45) is 1.59. The van der Waals surface area contributed by atoms with Gasteiger partial charge in [0.2, 0.25) is 5.91 Å². The number of carbonyl (C=O) groups is 1. The molecule has 1 amide bonds. The zero-order chi connectivity index (χ0) is 18.9. The van der Waals surface area contributed by atoms with Crippen LogP contribution in [0.5, 0.6) is 0 Å². The molecule has 0 unspecified atom stereocenters. The number of benzene rings is 2. The molecule has 0 saturated carbocycles. The van der Waals surface area contributed by atoms with Crippen LogP contribution in [0.25, 0.3) is 0 Å². The second kappa shape index (κ2) is 9.31. The maximum atomic E-state index is 11.9. The summed E-state index contributed by atoms with van der Waals surface area (Å²) in [5, 5.41) is 14.7. The van der Waals surface area contributed by atoms with E-state index in [1.54, 1.807) is 18.3 Å². The van der Waals surface area contributed by atoms with Crippen LogP contribution in [0.1, 0.15) is 25.0 Å². The van der Waals surface area contributed by atoms with Gasteiger partial charge >= 0.3 is 0 Å². The van der Waals surface area contributed by atoms with E-state index in [9.17, 15) is 14.9 Å². The molecular formula is C19H22N4O3. The molecule has 0 atom stereocenters. The Balaban J connectivity index is 1.90. The monoisotopic (exact) mass is 354 g/mol. The summed E-state index contributed by atoms with van der Waals surface area (Å²) in [5.41, 5.74) is 4.98. The molecule has 7 nitrogen and oxygen atoms in total. The summed E-state index contributed by atoms with van der Waals surface area (Å²) >= 11 is 0. The maximum absolute atomic E-state index is 11.9. The van der Waals surface area contributed by atoms with Crippen molar-refractivity contribution in [3.05, 3.63) is 69.8 Å². The minimum atomic E-state index is -0.485. The van der Waals surface area contributed by atoms with Crippen molar-refractivity contribution in [2.45, 2.75) is 20.3 Å². The number of nitro benzene ring substituents is 1. The van der Waals surface area contributed by atoms with Crippen molar-refractivity contribution in [2.24, 2.45) is 5.10 Å². The van der Waals surface area contributed by atoms with Gasteiger partial charge in [-0.25, -0.2) is 5.43 Å². The molecule has 0 aliphatic rings. The number of carbonyl (C=O) groups excluding carboxylic acids is 1. The van der Waals surface area contributed by atoms with Crippen LogP contribution >= 0.6 is 0 Å². The molecule has 2 rings (SSSR count). The predicted octanol–water partition coefficient (Wildman–Crippen LogP) is 3.13. The predicted molar refractivity (Wildman–Crippen MR) is 103 cm³/mol. The Morgan fingerprint density at radius 1 is 1.19 bits per heavy atom. The van der Waals surface area contributed by atoms with Crippen LogP contribution in [0.2, 0.25) is 0 Å². The van der Waals surface area contributed by atoms with Gasteiger partial charge in [-0.15, -0.1) is 0 Å². The zero-order valence-corrected chi connectivity index (χ0v) is 14.9. The average molecular weight is 354 g/mol. The fraction of sp³-hybridized carbons (Fsp3) is 0.263. The van der Waals surface area contributed by atoms with E-state index in [0.717, 1.165) is 24.3 Å². The van der Waals surface area contributed by atoms with E-state index in [1.165, 1.54) is 12.1 Å². The van der Waals surface area contributed by atoms with E-state index in [0.29, 0.717) is 5.56 Å². The molecule has 0 bridgehead atoms. The van der Waals surface area contributed by atoms with Crippen LogP contribution in [0.4, 0.5) is 11.4 Å². The lowest BCUT2D eigenvalue weighted by atomic mass is 10.1. The van der Waals surface area contributed by atoms with E-state index in [1.807, 2.05) is 24.3 Å². The molecule has 2 aromatic carbocycles. The fourth-order valence-electron chi connectivity index (χ4n) is 2.54. The molecule has 7 heteroatoms. The topological polar surface area (TPSA) is 87.8 Å². The molecule has 0 aliphatic carbocycles. The van der Waals surface area contributed by atoms with Crippen molar-refractivity contribution in [1.29, 1.82) is 0 Å². The van der Waals surface area contributed by atoms with Gasteiger partial charge in [-0.1, -0.05) is 24.3 Å². The van der Waals surface area contributed by atoms with E-state index in [2.05, 4.69) is 29.3 Å². The lowest BCUT2D eigenvalue weighted by Crippen LogP contribution is -2.21. The molecule has 0 saturated heterocycles. The van der Waals surface area contributed by atoms with Gasteiger partial charge in [0.1, 0.15) is 0 Å². The highest BCUT2D eigenvalue weighted by Gasteiger charge is 2.08. The minimum absolute atomic E-state index is 0.0277. The highest BCUT2D eigenvalue weighted by atomic mass is 16.6. The normalized spacial score (nSPS) is 10.7. The second-order valence-corrected chi connectivity index (χ2v) is 5.66. The van der Waals surface area contributed by atoms with Gasteiger partial charge in [-0.3, -0.25) is 14.9 Å². The first-order valence-electron chi connectivity index (χ1n) is 8.43. The van der Waals surface area contributed by atoms with Gasteiger partial charge in [0.15, 0.2) is 0 Å². The average Bonchev–Trinajstić information content (AvgIpc) is 2.64. The Bertz CT molecular complexity index is 784. The van der Waals surface area contributed by atoms with Crippen molar-refractivity contribution in [1.82, 2.24) is 5.43 Å². The summed E-state index contributed by atoms with van der Waals surface area (Å²) in [7, 11) is 0. The summed E-state index contributed by atoms with van der Waals surface area (Å²) in [6.45, 7) is 6.10. The van der Waals surface area contributed by atoms with Crippen LogP contribution in [-0.4, -0.2) is 30.1 Å². The van der Waals surface area contributed by atoms with E-state index in [-0.39, 0.29) is 18.0 Å². The zero-order valence-electron chi connectivity index (χ0n) is 14.9. The number of non-ortho nitro benzene ring substituents is 1. The van der Waals surface area contributed by atoms with Crippen LogP contribution in [0, 0.1) is 10.1 Å². The smallest absolute Gasteiger partial charge is 0.269 e. The first kappa shape index (κ1) is 19.1. The third kappa shape index (κ3) is 5.41. The van der Waals surface area contributed by atoms with Crippen molar-refractivity contribution in [2.75, 3.05) is 18.0 Å². The van der Waals surface area contributed by atoms with Crippen LogP contribution in [-0.2, 0) is 11.2 Å². The summed E-state index contributed by atoms with van der Waals surface area (Å²) in [5.74, 6) is -0.332. The largest absolute Gasteiger partial charge is 0.372 e. The summed E-state index contributed by atoms with van der Waals surface area (Å²) < 4.78 is 0. The first-order valence-corrected chi connectivity index (χ1v) is 8.43. The molecule has 0 aliphatic heterocycles. The van der Waals surface area contributed by atoms with Crippen molar-refractivity contribution in [3.8, 4) is 0 Å². The number of rotatable bonds is 8. The van der Waals surface area contributed by atoms with Gasteiger partial charge in [0.25, 0.3) is 5.69 Å². The Morgan fingerprint density at radius 2 is 1.88 bits per heavy atom. The minimum Gasteiger partial charge on any atom is -0.372 e. The molecule has 136 valence electrons. The lowest BCUT2D eigenvalue weighted by molar-refractivity contribution is -0.384. The van der Waals surface area contributed by atoms with Crippen molar-refractivity contribution in [3.63, 3.8) is 0 Å². The maximum Gasteiger partial charge on any atom is 0.269 e. The van der Waals surface area contributed by atoms with Crippen molar-refractivity contribution < 1.29 is 9.72 Å². The Hall–Kier alpha value is -3.22. The fourth-order valence-corrected chi connectivity index (χ4v) is 2.54. The first-order chi connectivity index (χ1) is 12.5. The molecule has 1 N–H and O–H groups in total. The summed E-state index contributed by atoms with van der Waals surface area (Å²) in [6, 6.07) is 13.9. The number of hydrazone groups is 1. The number of amides is 1. The van der Waals surface area contributed by atoms with Gasteiger partial charge in [0, 0.05) is 30.9 Å². The third-order valence-electron chi connectivity index (χ3n) is 3.91. The number of nitrogens with zero attached hydrogens (tertiary/aromatic N) is 3. The van der Waals surface area contributed by atoms with Gasteiger partial charge in [-0.05, 0) is 37.1 Å². The van der Waals surface area contributed by atoms with E-state index >= 15 is 0 Å². The van der Waals surface area contributed by atoms with Crippen LogP contribution < -0.4 is 10.3 Å². The van der Waals surface area contributed by atoms with Crippen molar-refractivity contribution >= 4 is 23.5 Å². The number of hydrogen-bond donors (Lipinski definition) is 1. The number of nitro groups is 1. The molecule has 0 aromatic heterocycles. The number of hydrogen-bond acceptors (Lipinski definition) is 5. The Kier molecular flexibility index (Phi) is 6.84. The third-order valence-corrected chi connectivity index (χ3v) is 3.91. The van der Waals surface area contributed by atoms with Crippen LogP contribution in [0.3, 0.4) is 0 Å². The lowest BCUT2D eigenvalue weighted by Gasteiger charge is -2.20. The van der Waals surface area contributed by atoms with Gasteiger partial charge < -0.3 is 4.90 Å². The Morgan fingerprint density at radius 3 is 2.50 bits per heavy atom. The molecule has 0 radical (unpaired) electrons. The molecule has 0 fully saturated rings. The highest BCUT2D eigenvalue weighted by molar-refractivity contribution is 5.83. The standard InChI is InChI=1S/C19H22N4O3/c1-3-22(4-2)17-10-8-15(9-11-17)14-20-21-19(24)13-16-6-5-7-18(12-16)23(25)26/h5-12,14H,3-4,13H2,1-2H3,(H,21,24)/b20-14+. The molecule has 0 spiro atoms. The number of anilines is 1. The second-order valence-electron chi connectivity index (χ2n) is 5.66. The SMILES string of the molecule is CCN(CC)c1ccc(/C=N/NC(=O)Cc2cccc([N+](=O)[O-])c2)cc1. The van der Waals surface area contributed by atoms with Gasteiger partial charge in [-0.2, -0.15) is 5.10 Å². The quantitative estimate of drug-likeness (QED) is 0.448. The number of nitrogens with one attached hydrogen (secondary N) is 1. The molecule has 26 heavy (non-hydrogen) atoms. The van der Waals surface area contributed by atoms with E-state index in [4.69, 9.17) is 0 Å².